The summed E-state index contributed by atoms with van der Waals surface area (Å²) < 4.78 is 12.9. The summed E-state index contributed by atoms with van der Waals surface area (Å²) >= 11 is 0. The molecule has 170 valence electrons. The molecule has 2 aliphatic rings. The third kappa shape index (κ3) is 4.28. The SMILES string of the molecule is COCCCn1c(C)cc(C(=O)N2CCC3(CC2)CC(c2nc(C)no2)N(C)C3)c1C. The molecular weight excluding hydrogens is 394 g/mol. The van der Waals surface area contributed by atoms with E-state index in [0.29, 0.717) is 5.82 Å². The predicted octanol–water partition coefficient (Wildman–Crippen LogP) is 3.13. The Morgan fingerprint density at radius 1 is 1.29 bits per heavy atom. The van der Waals surface area contributed by atoms with Crippen molar-refractivity contribution in [1.82, 2.24) is 24.5 Å². The van der Waals surface area contributed by atoms with Gasteiger partial charge in [0.2, 0.25) is 5.89 Å². The molecule has 1 spiro atoms. The van der Waals surface area contributed by atoms with Gasteiger partial charge in [-0.2, -0.15) is 4.98 Å². The lowest BCUT2D eigenvalue weighted by molar-refractivity contribution is 0.0592. The van der Waals surface area contributed by atoms with Gasteiger partial charge in [0.15, 0.2) is 5.82 Å². The van der Waals surface area contributed by atoms with Crippen LogP contribution in [0.2, 0.25) is 0 Å². The van der Waals surface area contributed by atoms with Gasteiger partial charge in [-0.05, 0) is 65.0 Å². The van der Waals surface area contributed by atoms with E-state index in [0.717, 1.165) is 81.3 Å². The van der Waals surface area contributed by atoms with Crippen LogP contribution in [-0.2, 0) is 11.3 Å². The van der Waals surface area contributed by atoms with Crippen LogP contribution in [0, 0.1) is 26.2 Å². The predicted molar refractivity (Wildman–Crippen MR) is 117 cm³/mol. The maximum Gasteiger partial charge on any atom is 0.255 e. The minimum absolute atomic E-state index is 0.163. The molecule has 2 aliphatic heterocycles. The number of amides is 1. The maximum absolute atomic E-state index is 13.3. The van der Waals surface area contributed by atoms with Crippen LogP contribution < -0.4 is 0 Å². The van der Waals surface area contributed by atoms with Gasteiger partial charge in [-0.1, -0.05) is 5.16 Å². The summed E-state index contributed by atoms with van der Waals surface area (Å²) in [6.45, 7) is 10.2. The molecule has 0 bridgehead atoms. The second-order valence-electron chi connectivity index (χ2n) is 9.39. The van der Waals surface area contributed by atoms with Crippen molar-refractivity contribution in [3.8, 4) is 0 Å². The third-order valence-electron chi connectivity index (χ3n) is 7.22. The molecule has 2 saturated heterocycles. The summed E-state index contributed by atoms with van der Waals surface area (Å²) in [6.07, 6.45) is 3.99. The van der Waals surface area contributed by atoms with E-state index in [1.807, 2.05) is 17.9 Å². The summed E-state index contributed by atoms with van der Waals surface area (Å²) in [7, 11) is 3.86. The molecule has 31 heavy (non-hydrogen) atoms. The highest BCUT2D eigenvalue weighted by atomic mass is 16.5. The number of hydrogen-bond donors (Lipinski definition) is 0. The van der Waals surface area contributed by atoms with Crippen LogP contribution in [0.3, 0.4) is 0 Å². The zero-order chi connectivity index (χ0) is 22.2. The van der Waals surface area contributed by atoms with E-state index in [2.05, 4.69) is 40.5 Å². The number of carbonyl (C=O) groups is 1. The molecule has 2 fully saturated rings. The van der Waals surface area contributed by atoms with E-state index in [4.69, 9.17) is 9.26 Å². The minimum atomic E-state index is 0.163. The van der Waals surface area contributed by atoms with Gasteiger partial charge in [-0.25, -0.2) is 0 Å². The summed E-state index contributed by atoms with van der Waals surface area (Å²) in [5, 5.41) is 3.96. The molecule has 1 unspecified atom stereocenters. The number of piperidine rings is 1. The van der Waals surface area contributed by atoms with Crippen LogP contribution in [0.1, 0.15) is 65.2 Å². The van der Waals surface area contributed by atoms with E-state index in [1.165, 1.54) is 0 Å². The van der Waals surface area contributed by atoms with Crippen molar-refractivity contribution in [2.75, 3.05) is 40.4 Å². The van der Waals surface area contributed by atoms with Gasteiger partial charge in [-0.3, -0.25) is 9.69 Å². The lowest BCUT2D eigenvalue weighted by Gasteiger charge is -2.39. The Bertz CT molecular complexity index is 926. The van der Waals surface area contributed by atoms with Crippen LogP contribution in [0.4, 0.5) is 0 Å². The number of aromatic nitrogens is 3. The molecule has 0 radical (unpaired) electrons. The highest BCUT2D eigenvalue weighted by molar-refractivity contribution is 5.95. The second kappa shape index (κ2) is 8.74. The molecule has 8 nitrogen and oxygen atoms in total. The first-order valence-corrected chi connectivity index (χ1v) is 11.3. The monoisotopic (exact) mass is 429 g/mol. The highest BCUT2D eigenvalue weighted by Gasteiger charge is 2.47. The smallest absolute Gasteiger partial charge is 0.255 e. The summed E-state index contributed by atoms with van der Waals surface area (Å²) in [6, 6.07) is 2.22. The molecule has 0 N–H and O–H groups in total. The maximum atomic E-state index is 13.3. The number of rotatable bonds is 6. The lowest BCUT2D eigenvalue weighted by Crippen LogP contribution is -2.44. The van der Waals surface area contributed by atoms with Gasteiger partial charge in [0.25, 0.3) is 5.91 Å². The molecule has 2 aromatic rings. The molecule has 8 heteroatoms. The van der Waals surface area contributed by atoms with Crippen molar-refractivity contribution < 1.29 is 14.1 Å². The van der Waals surface area contributed by atoms with Crippen molar-refractivity contribution in [2.24, 2.45) is 5.41 Å². The van der Waals surface area contributed by atoms with Crippen LogP contribution in [0.5, 0.6) is 0 Å². The standard InChI is InChI=1S/C23H35N5O3/c1-16-13-19(17(2)28(16)9-6-12-30-5)22(29)27-10-7-23(8-11-27)14-20(26(4)15-23)21-24-18(3)25-31-21/h13,20H,6-12,14-15H2,1-5H3. The van der Waals surface area contributed by atoms with Gasteiger partial charge < -0.3 is 18.7 Å². The summed E-state index contributed by atoms with van der Waals surface area (Å²) in [4.78, 5) is 22.1. The molecule has 1 amide bonds. The second-order valence-corrected chi connectivity index (χ2v) is 9.39. The fourth-order valence-electron chi connectivity index (χ4n) is 5.44. The molecule has 0 saturated carbocycles. The van der Waals surface area contributed by atoms with E-state index in [9.17, 15) is 4.79 Å². The molecule has 2 aromatic heterocycles. The zero-order valence-electron chi connectivity index (χ0n) is 19.5. The molecule has 4 rings (SSSR count). The van der Waals surface area contributed by atoms with Crippen LogP contribution in [0.15, 0.2) is 10.6 Å². The Morgan fingerprint density at radius 2 is 2.03 bits per heavy atom. The first-order chi connectivity index (χ1) is 14.8. The Labute approximate surface area is 184 Å². The van der Waals surface area contributed by atoms with Gasteiger partial charge in [0.05, 0.1) is 11.6 Å². The highest BCUT2D eigenvalue weighted by Crippen LogP contribution is 2.48. The fourth-order valence-corrected chi connectivity index (χ4v) is 5.44. The van der Waals surface area contributed by atoms with Crippen molar-refractivity contribution in [2.45, 2.75) is 59.0 Å². The largest absolute Gasteiger partial charge is 0.385 e. The average Bonchev–Trinajstić information content (AvgIpc) is 3.39. The first-order valence-electron chi connectivity index (χ1n) is 11.3. The quantitative estimate of drug-likeness (QED) is 0.657. The lowest BCUT2D eigenvalue weighted by atomic mass is 9.76. The third-order valence-corrected chi connectivity index (χ3v) is 7.22. The van der Waals surface area contributed by atoms with Gasteiger partial charge in [-0.15, -0.1) is 0 Å². The Hall–Kier alpha value is -2.19. The van der Waals surface area contributed by atoms with Gasteiger partial charge in [0, 0.05) is 51.3 Å². The first kappa shape index (κ1) is 22.0. The number of methoxy groups -OCH3 is 1. The van der Waals surface area contributed by atoms with Crippen LogP contribution in [-0.4, -0.2) is 70.8 Å². The van der Waals surface area contributed by atoms with E-state index >= 15 is 0 Å². The number of hydrogen-bond acceptors (Lipinski definition) is 6. The summed E-state index contributed by atoms with van der Waals surface area (Å²) in [5.74, 6) is 1.57. The number of nitrogens with zero attached hydrogens (tertiary/aromatic N) is 5. The van der Waals surface area contributed by atoms with E-state index < -0.39 is 0 Å². The van der Waals surface area contributed by atoms with Crippen molar-refractivity contribution in [1.29, 1.82) is 0 Å². The molecule has 4 heterocycles. The number of carbonyl (C=O) groups excluding carboxylic acids is 1. The average molecular weight is 430 g/mol. The van der Waals surface area contributed by atoms with Crippen molar-refractivity contribution in [3.05, 3.63) is 34.7 Å². The molecule has 0 aromatic carbocycles. The fraction of sp³-hybridized carbons (Fsp3) is 0.696. The van der Waals surface area contributed by atoms with Crippen LogP contribution >= 0.6 is 0 Å². The Balaban J connectivity index is 1.40. The molecule has 1 atom stereocenters. The Morgan fingerprint density at radius 3 is 2.68 bits per heavy atom. The number of aryl methyl sites for hydroxylation is 2. The number of ether oxygens (including phenoxy) is 1. The Kier molecular flexibility index (Phi) is 6.21. The van der Waals surface area contributed by atoms with E-state index in [1.54, 1.807) is 7.11 Å². The number of likely N-dealkylation sites (tertiary alicyclic amines) is 2. The minimum Gasteiger partial charge on any atom is -0.385 e. The molecule has 0 aliphatic carbocycles. The van der Waals surface area contributed by atoms with Crippen molar-refractivity contribution in [3.63, 3.8) is 0 Å². The van der Waals surface area contributed by atoms with Crippen molar-refractivity contribution >= 4 is 5.91 Å². The van der Waals surface area contributed by atoms with E-state index in [-0.39, 0.29) is 17.4 Å². The normalized spacial score (nSPS) is 21.3. The molecular formula is C23H35N5O3. The zero-order valence-corrected chi connectivity index (χ0v) is 19.5. The van der Waals surface area contributed by atoms with Gasteiger partial charge in [0.1, 0.15) is 0 Å². The topological polar surface area (TPSA) is 76.6 Å². The van der Waals surface area contributed by atoms with Crippen LogP contribution in [0.25, 0.3) is 0 Å². The summed E-state index contributed by atoms with van der Waals surface area (Å²) in [5.41, 5.74) is 3.26. The van der Waals surface area contributed by atoms with Gasteiger partial charge >= 0.3 is 0 Å².